The molecule has 2 aromatic carbocycles. The van der Waals surface area contributed by atoms with E-state index in [2.05, 4.69) is 30.4 Å². The summed E-state index contributed by atoms with van der Waals surface area (Å²) in [5.41, 5.74) is 3.37. The van der Waals surface area contributed by atoms with E-state index in [1.54, 1.807) is 0 Å². The monoisotopic (exact) mass is 269 g/mol. The van der Waals surface area contributed by atoms with Crippen LogP contribution in [0.1, 0.15) is 17.2 Å². The molecular weight excluding hydrogens is 254 g/mol. The molecule has 0 saturated heterocycles. The van der Waals surface area contributed by atoms with Gasteiger partial charge in [0.05, 0.1) is 11.7 Å². The van der Waals surface area contributed by atoms with Crippen molar-refractivity contribution >= 4 is 5.69 Å². The van der Waals surface area contributed by atoms with E-state index >= 15 is 0 Å². The van der Waals surface area contributed by atoms with Crippen LogP contribution in [0.5, 0.6) is 17.2 Å². The van der Waals surface area contributed by atoms with Crippen LogP contribution in [0.2, 0.25) is 0 Å². The number of benzene rings is 2. The van der Waals surface area contributed by atoms with E-state index in [4.69, 9.17) is 14.2 Å². The molecule has 0 spiro atoms. The van der Waals surface area contributed by atoms with Crippen molar-refractivity contribution in [3.63, 3.8) is 0 Å². The minimum Gasteiger partial charge on any atom is -0.489 e. The van der Waals surface area contributed by atoms with Crippen LogP contribution in [-0.4, -0.2) is 13.4 Å². The van der Waals surface area contributed by atoms with Gasteiger partial charge in [-0.15, -0.1) is 0 Å². The van der Waals surface area contributed by atoms with Gasteiger partial charge in [-0.2, -0.15) is 0 Å². The van der Waals surface area contributed by atoms with Crippen LogP contribution < -0.4 is 19.5 Å². The lowest BCUT2D eigenvalue weighted by Crippen LogP contribution is -2.23. The number of anilines is 1. The SMILES string of the molecule is Cc1ccc2c(c1)OCC(c1ccc3c(c1)OCO3)N2. The largest absolute Gasteiger partial charge is 0.489 e. The molecule has 0 amide bonds. The zero-order chi connectivity index (χ0) is 13.5. The Kier molecular flexibility index (Phi) is 2.49. The first-order chi connectivity index (χ1) is 9.79. The second-order valence-electron chi connectivity index (χ2n) is 5.12. The molecule has 2 aromatic rings. The quantitative estimate of drug-likeness (QED) is 0.862. The molecule has 1 unspecified atom stereocenters. The predicted molar refractivity (Wildman–Crippen MR) is 75.6 cm³/mol. The number of ether oxygens (including phenoxy) is 3. The molecule has 4 rings (SSSR count). The van der Waals surface area contributed by atoms with Crippen molar-refractivity contribution in [2.24, 2.45) is 0 Å². The first kappa shape index (κ1) is 11.5. The summed E-state index contributed by atoms with van der Waals surface area (Å²) in [6.07, 6.45) is 0. The fourth-order valence-electron chi connectivity index (χ4n) is 2.58. The summed E-state index contributed by atoms with van der Waals surface area (Å²) in [6.45, 7) is 2.97. The Hall–Kier alpha value is -2.36. The number of fused-ring (bicyclic) bond motifs is 2. The lowest BCUT2D eigenvalue weighted by Gasteiger charge is -2.28. The van der Waals surface area contributed by atoms with Gasteiger partial charge in [0.2, 0.25) is 6.79 Å². The molecule has 102 valence electrons. The fourth-order valence-corrected chi connectivity index (χ4v) is 2.58. The number of rotatable bonds is 1. The molecule has 0 bridgehead atoms. The van der Waals surface area contributed by atoms with E-state index in [-0.39, 0.29) is 6.04 Å². The molecule has 2 aliphatic rings. The Bertz CT molecular complexity index is 669. The highest BCUT2D eigenvalue weighted by molar-refractivity contribution is 5.60. The molecule has 4 nitrogen and oxygen atoms in total. The average molecular weight is 269 g/mol. The molecule has 4 heteroatoms. The lowest BCUT2D eigenvalue weighted by atomic mass is 10.0. The third kappa shape index (κ3) is 1.84. The van der Waals surface area contributed by atoms with Crippen LogP contribution in [0.15, 0.2) is 36.4 Å². The number of hydrogen-bond acceptors (Lipinski definition) is 4. The van der Waals surface area contributed by atoms with Gasteiger partial charge in [0.15, 0.2) is 11.5 Å². The van der Waals surface area contributed by atoms with Crippen molar-refractivity contribution in [3.05, 3.63) is 47.5 Å². The van der Waals surface area contributed by atoms with Crippen molar-refractivity contribution in [2.45, 2.75) is 13.0 Å². The smallest absolute Gasteiger partial charge is 0.231 e. The summed E-state index contributed by atoms with van der Waals surface area (Å²) in [4.78, 5) is 0. The van der Waals surface area contributed by atoms with Crippen molar-refractivity contribution in [1.29, 1.82) is 0 Å². The van der Waals surface area contributed by atoms with Crippen LogP contribution in [0.4, 0.5) is 5.69 Å². The third-order valence-electron chi connectivity index (χ3n) is 3.67. The molecule has 0 aromatic heterocycles. The van der Waals surface area contributed by atoms with Crippen LogP contribution in [-0.2, 0) is 0 Å². The molecule has 2 heterocycles. The maximum atomic E-state index is 5.86. The summed E-state index contributed by atoms with van der Waals surface area (Å²) in [5.74, 6) is 2.53. The topological polar surface area (TPSA) is 39.7 Å². The Balaban J connectivity index is 1.63. The van der Waals surface area contributed by atoms with E-state index in [1.807, 2.05) is 18.2 Å². The Morgan fingerprint density at radius 3 is 2.80 bits per heavy atom. The minimum absolute atomic E-state index is 0.125. The summed E-state index contributed by atoms with van der Waals surface area (Å²) >= 11 is 0. The summed E-state index contributed by atoms with van der Waals surface area (Å²) < 4.78 is 16.6. The van der Waals surface area contributed by atoms with Gasteiger partial charge in [0.25, 0.3) is 0 Å². The fraction of sp³-hybridized carbons (Fsp3) is 0.250. The minimum atomic E-state index is 0.125. The van der Waals surface area contributed by atoms with E-state index < -0.39 is 0 Å². The lowest BCUT2D eigenvalue weighted by molar-refractivity contribution is 0.174. The highest BCUT2D eigenvalue weighted by Gasteiger charge is 2.22. The predicted octanol–water partition coefficient (Wildman–Crippen LogP) is 3.27. The van der Waals surface area contributed by atoms with Crippen molar-refractivity contribution in [1.82, 2.24) is 0 Å². The Morgan fingerprint density at radius 1 is 0.950 bits per heavy atom. The van der Waals surface area contributed by atoms with Crippen LogP contribution >= 0.6 is 0 Å². The molecular formula is C16H15NO3. The van der Waals surface area contributed by atoms with Gasteiger partial charge in [0.1, 0.15) is 12.4 Å². The Morgan fingerprint density at radius 2 is 1.85 bits per heavy atom. The van der Waals surface area contributed by atoms with Crippen molar-refractivity contribution < 1.29 is 14.2 Å². The number of nitrogens with one attached hydrogen (secondary N) is 1. The molecule has 0 fully saturated rings. The van der Waals surface area contributed by atoms with E-state index in [9.17, 15) is 0 Å². The van der Waals surface area contributed by atoms with Gasteiger partial charge >= 0.3 is 0 Å². The number of aryl methyl sites for hydroxylation is 1. The molecule has 20 heavy (non-hydrogen) atoms. The third-order valence-corrected chi connectivity index (χ3v) is 3.67. The van der Waals surface area contributed by atoms with E-state index in [1.165, 1.54) is 5.56 Å². The number of hydrogen-bond donors (Lipinski definition) is 1. The van der Waals surface area contributed by atoms with Crippen LogP contribution in [0.3, 0.4) is 0 Å². The second kappa shape index (κ2) is 4.34. The zero-order valence-corrected chi connectivity index (χ0v) is 11.2. The molecule has 0 saturated carbocycles. The van der Waals surface area contributed by atoms with Crippen molar-refractivity contribution in [2.75, 3.05) is 18.7 Å². The van der Waals surface area contributed by atoms with Gasteiger partial charge in [-0.05, 0) is 42.3 Å². The van der Waals surface area contributed by atoms with Gasteiger partial charge in [-0.25, -0.2) is 0 Å². The van der Waals surface area contributed by atoms with E-state index in [0.717, 1.165) is 28.5 Å². The average Bonchev–Trinajstić information content (AvgIpc) is 2.94. The van der Waals surface area contributed by atoms with Crippen molar-refractivity contribution in [3.8, 4) is 17.2 Å². The molecule has 0 aliphatic carbocycles. The first-order valence-electron chi connectivity index (χ1n) is 6.69. The summed E-state index contributed by atoms with van der Waals surface area (Å²) in [7, 11) is 0. The van der Waals surface area contributed by atoms with E-state index in [0.29, 0.717) is 13.4 Å². The molecule has 1 N–H and O–H groups in total. The van der Waals surface area contributed by atoms with Gasteiger partial charge in [0, 0.05) is 0 Å². The normalized spacial score (nSPS) is 18.9. The maximum Gasteiger partial charge on any atom is 0.231 e. The summed E-state index contributed by atoms with van der Waals surface area (Å²) in [6, 6.07) is 12.3. The van der Waals surface area contributed by atoms with Gasteiger partial charge < -0.3 is 19.5 Å². The highest BCUT2D eigenvalue weighted by atomic mass is 16.7. The molecule has 2 aliphatic heterocycles. The standard InChI is InChI=1S/C16H15NO3/c1-10-2-4-12-15(6-10)18-8-13(17-12)11-3-5-14-16(7-11)20-9-19-14/h2-7,13,17H,8-9H2,1H3. The summed E-state index contributed by atoms with van der Waals surface area (Å²) in [5, 5.41) is 3.51. The van der Waals surface area contributed by atoms with Gasteiger partial charge in [-0.3, -0.25) is 0 Å². The second-order valence-corrected chi connectivity index (χ2v) is 5.12. The first-order valence-corrected chi connectivity index (χ1v) is 6.69. The van der Waals surface area contributed by atoms with Crippen LogP contribution in [0.25, 0.3) is 0 Å². The highest BCUT2D eigenvalue weighted by Crippen LogP contribution is 2.38. The molecule has 0 radical (unpaired) electrons. The zero-order valence-electron chi connectivity index (χ0n) is 11.2. The van der Waals surface area contributed by atoms with Crippen LogP contribution in [0, 0.1) is 6.92 Å². The Labute approximate surface area is 117 Å². The van der Waals surface area contributed by atoms with Gasteiger partial charge in [-0.1, -0.05) is 12.1 Å². The maximum absolute atomic E-state index is 5.86. The molecule has 1 atom stereocenters.